The van der Waals surface area contributed by atoms with Gasteiger partial charge in [0.2, 0.25) is 10.0 Å². The zero-order valence-corrected chi connectivity index (χ0v) is 16.9. The lowest BCUT2D eigenvalue weighted by molar-refractivity contribution is 0.0923. The molecule has 0 saturated carbocycles. The zero-order valence-electron chi connectivity index (χ0n) is 15.3. The second-order valence-corrected chi connectivity index (χ2v) is 8.83. The number of benzene rings is 1. The molecule has 2 aliphatic rings. The Morgan fingerprint density at radius 1 is 1.19 bits per heavy atom. The first-order chi connectivity index (χ1) is 11.9. The number of halogens is 1. The molecule has 3 rings (SSSR count). The van der Waals surface area contributed by atoms with Gasteiger partial charge in [-0.25, -0.2) is 8.42 Å². The third kappa shape index (κ3) is 4.39. The summed E-state index contributed by atoms with van der Waals surface area (Å²) in [5, 5.41) is 6.64. The van der Waals surface area contributed by atoms with E-state index in [0.29, 0.717) is 30.7 Å². The number of piperidine rings is 1. The van der Waals surface area contributed by atoms with Crippen molar-refractivity contribution in [2.75, 3.05) is 13.1 Å². The summed E-state index contributed by atoms with van der Waals surface area (Å²) < 4.78 is 26.7. The highest BCUT2D eigenvalue weighted by Crippen LogP contribution is 2.27. The van der Waals surface area contributed by atoms with Gasteiger partial charge in [0.05, 0.1) is 4.90 Å². The number of hydrogen-bond donors (Lipinski definition) is 2. The van der Waals surface area contributed by atoms with Crippen LogP contribution in [-0.4, -0.2) is 49.8 Å². The fraction of sp³-hybridized carbons (Fsp3) is 0.611. The van der Waals surface area contributed by atoms with Gasteiger partial charge in [-0.3, -0.25) is 4.79 Å². The summed E-state index contributed by atoms with van der Waals surface area (Å²) in [5.41, 5.74) is 0.402. The Hall–Kier alpha value is -1.15. The first kappa shape index (κ1) is 21.2. The summed E-state index contributed by atoms with van der Waals surface area (Å²) >= 11 is 0. The first-order valence-electron chi connectivity index (χ1n) is 9.11. The predicted molar refractivity (Wildman–Crippen MR) is 104 cm³/mol. The smallest absolute Gasteiger partial charge is 0.251 e. The molecule has 1 amide bonds. The van der Waals surface area contributed by atoms with Crippen LogP contribution >= 0.6 is 12.4 Å². The molecule has 2 aliphatic heterocycles. The van der Waals surface area contributed by atoms with Crippen LogP contribution in [0.4, 0.5) is 0 Å². The molecule has 8 heteroatoms. The molecular weight excluding hydrogens is 374 g/mol. The third-order valence-corrected chi connectivity index (χ3v) is 7.29. The molecule has 1 aromatic rings. The van der Waals surface area contributed by atoms with Gasteiger partial charge in [0, 0.05) is 36.8 Å². The second-order valence-electron chi connectivity index (χ2n) is 6.90. The van der Waals surface area contributed by atoms with E-state index in [9.17, 15) is 13.2 Å². The van der Waals surface area contributed by atoms with E-state index in [-0.39, 0.29) is 29.3 Å². The minimum absolute atomic E-state index is 0. The van der Waals surface area contributed by atoms with Crippen LogP contribution < -0.4 is 10.6 Å². The van der Waals surface area contributed by atoms with E-state index < -0.39 is 10.0 Å². The number of carbonyl (C=O) groups excluding carboxylic acids is 1. The summed E-state index contributed by atoms with van der Waals surface area (Å²) in [6.07, 6.45) is 4.24. The standard InChI is InChI=1S/C18H27N3O3S.ClH/c1-3-21(4-2)25(23,24)17-7-5-6-13(10-17)18(22)20-16-11-14-8-9-15(12-16)19-14;/h5-7,10,14-16,19H,3-4,8-9,11-12H2,1-2H3,(H,20,22);1H. The molecule has 2 N–H and O–H groups in total. The molecule has 0 aliphatic carbocycles. The molecule has 6 nitrogen and oxygen atoms in total. The van der Waals surface area contributed by atoms with E-state index in [1.165, 1.54) is 23.2 Å². The number of carbonyl (C=O) groups is 1. The van der Waals surface area contributed by atoms with E-state index >= 15 is 0 Å². The number of rotatable bonds is 6. The number of hydrogen-bond acceptors (Lipinski definition) is 4. The minimum Gasteiger partial charge on any atom is -0.349 e. The van der Waals surface area contributed by atoms with Gasteiger partial charge < -0.3 is 10.6 Å². The van der Waals surface area contributed by atoms with Crippen molar-refractivity contribution in [2.24, 2.45) is 0 Å². The molecule has 0 radical (unpaired) electrons. The van der Waals surface area contributed by atoms with Crippen LogP contribution in [0.15, 0.2) is 29.2 Å². The molecule has 146 valence electrons. The Labute approximate surface area is 162 Å². The lowest BCUT2D eigenvalue weighted by atomic mass is 9.99. The van der Waals surface area contributed by atoms with Crippen LogP contribution in [0, 0.1) is 0 Å². The highest BCUT2D eigenvalue weighted by Gasteiger charge is 2.34. The summed E-state index contributed by atoms with van der Waals surface area (Å²) in [6, 6.07) is 7.50. The third-order valence-electron chi connectivity index (χ3n) is 5.25. The largest absolute Gasteiger partial charge is 0.349 e. The lowest BCUT2D eigenvalue weighted by Crippen LogP contribution is -2.48. The molecule has 2 bridgehead atoms. The van der Waals surface area contributed by atoms with Crippen molar-refractivity contribution >= 4 is 28.3 Å². The van der Waals surface area contributed by atoms with E-state index in [1.807, 2.05) is 13.8 Å². The Bertz CT molecular complexity index is 725. The van der Waals surface area contributed by atoms with Crippen molar-refractivity contribution in [1.29, 1.82) is 0 Å². The molecular formula is C18H28ClN3O3S. The van der Waals surface area contributed by atoms with Crippen LogP contribution in [0.25, 0.3) is 0 Å². The Morgan fingerprint density at radius 2 is 1.81 bits per heavy atom. The van der Waals surface area contributed by atoms with Crippen LogP contribution in [0.1, 0.15) is 49.9 Å². The van der Waals surface area contributed by atoms with Crippen molar-refractivity contribution in [3.63, 3.8) is 0 Å². The van der Waals surface area contributed by atoms with Crippen LogP contribution in [-0.2, 0) is 10.0 Å². The number of sulfonamides is 1. The van der Waals surface area contributed by atoms with Gasteiger partial charge in [-0.1, -0.05) is 19.9 Å². The Morgan fingerprint density at radius 3 is 2.38 bits per heavy atom. The van der Waals surface area contributed by atoms with Crippen molar-refractivity contribution in [1.82, 2.24) is 14.9 Å². The highest BCUT2D eigenvalue weighted by molar-refractivity contribution is 7.89. The average Bonchev–Trinajstić information content (AvgIpc) is 2.94. The van der Waals surface area contributed by atoms with E-state index in [0.717, 1.165) is 12.8 Å². The monoisotopic (exact) mass is 401 g/mol. The Balaban J connectivity index is 0.00000243. The summed E-state index contributed by atoms with van der Waals surface area (Å²) in [5.74, 6) is -0.192. The molecule has 2 heterocycles. The molecule has 1 aromatic carbocycles. The van der Waals surface area contributed by atoms with Gasteiger partial charge in [0.15, 0.2) is 0 Å². The van der Waals surface area contributed by atoms with E-state index in [4.69, 9.17) is 0 Å². The van der Waals surface area contributed by atoms with Crippen LogP contribution in [0.2, 0.25) is 0 Å². The quantitative estimate of drug-likeness (QED) is 0.765. The van der Waals surface area contributed by atoms with Gasteiger partial charge >= 0.3 is 0 Å². The van der Waals surface area contributed by atoms with Crippen molar-refractivity contribution in [3.05, 3.63) is 29.8 Å². The average molecular weight is 402 g/mol. The van der Waals surface area contributed by atoms with Gasteiger partial charge in [-0.2, -0.15) is 4.31 Å². The van der Waals surface area contributed by atoms with Gasteiger partial charge in [-0.05, 0) is 43.9 Å². The zero-order chi connectivity index (χ0) is 18.0. The number of fused-ring (bicyclic) bond motifs is 2. The molecule has 2 atom stereocenters. The number of nitrogens with one attached hydrogen (secondary N) is 2. The van der Waals surface area contributed by atoms with Crippen molar-refractivity contribution in [2.45, 2.75) is 62.6 Å². The van der Waals surface area contributed by atoms with Gasteiger partial charge in [-0.15, -0.1) is 12.4 Å². The molecule has 0 spiro atoms. The minimum atomic E-state index is -3.55. The summed E-state index contributed by atoms with van der Waals surface area (Å²) in [6.45, 7) is 4.44. The van der Waals surface area contributed by atoms with E-state index in [2.05, 4.69) is 10.6 Å². The molecule has 2 fully saturated rings. The van der Waals surface area contributed by atoms with Gasteiger partial charge in [0.25, 0.3) is 5.91 Å². The Kier molecular flexibility index (Phi) is 7.07. The predicted octanol–water partition coefficient (Wildman–Crippen LogP) is 2.15. The first-order valence-corrected chi connectivity index (χ1v) is 10.5. The summed E-state index contributed by atoms with van der Waals surface area (Å²) in [7, 11) is -3.55. The highest BCUT2D eigenvalue weighted by atomic mass is 35.5. The molecule has 2 saturated heterocycles. The van der Waals surface area contributed by atoms with Gasteiger partial charge in [0.1, 0.15) is 0 Å². The van der Waals surface area contributed by atoms with Crippen molar-refractivity contribution < 1.29 is 13.2 Å². The fourth-order valence-corrected chi connectivity index (χ4v) is 5.46. The molecule has 26 heavy (non-hydrogen) atoms. The topological polar surface area (TPSA) is 78.5 Å². The maximum atomic E-state index is 12.6. The van der Waals surface area contributed by atoms with Crippen molar-refractivity contribution in [3.8, 4) is 0 Å². The SMILES string of the molecule is CCN(CC)S(=O)(=O)c1cccc(C(=O)NC2CC3CCC(C2)N3)c1.Cl. The normalized spacial score (nSPS) is 25.0. The maximum Gasteiger partial charge on any atom is 0.251 e. The summed E-state index contributed by atoms with van der Waals surface area (Å²) in [4.78, 5) is 12.8. The lowest BCUT2D eigenvalue weighted by Gasteiger charge is -2.29. The maximum absolute atomic E-state index is 12.6. The fourth-order valence-electron chi connectivity index (χ4n) is 3.95. The molecule has 2 unspecified atom stereocenters. The van der Waals surface area contributed by atoms with E-state index in [1.54, 1.807) is 18.2 Å². The van der Waals surface area contributed by atoms with Crippen LogP contribution in [0.3, 0.4) is 0 Å². The second kappa shape index (κ2) is 8.69. The molecule has 0 aromatic heterocycles. The van der Waals surface area contributed by atoms with Crippen LogP contribution in [0.5, 0.6) is 0 Å². The number of nitrogens with zero attached hydrogens (tertiary/aromatic N) is 1. The number of amides is 1.